The normalized spacial score (nSPS) is 34.6. The van der Waals surface area contributed by atoms with Crippen LogP contribution >= 0.6 is 15.9 Å². The third-order valence-electron chi connectivity index (χ3n) is 2.02. The van der Waals surface area contributed by atoms with Gasteiger partial charge in [0.2, 0.25) is 0 Å². The fourth-order valence-electron chi connectivity index (χ4n) is 1.02. The Labute approximate surface area is 78.3 Å². The van der Waals surface area contributed by atoms with Crippen molar-refractivity contribution in [1.82, 2.24) is 0 Å². The number of halogens is 1. The Bertz CT molecular complexity index is 227. The molecule has 0 amide bonds. The molecular formula is C7H9BrO4. The second-order valence-corrected chi connectivity index (χ2v) is 3.87. The van der Waals surface area contributed by atoms with E-state index in [1.165, 1.54) is 14.0 Å². The minimum absolute atomic E-state index is 0.213. The molecule has 0 saturated carbocycles. The molecule has 0 N–H and O–H groups in total. The molecule has 1 saturated heterocycles. The van der Waals surface area contributed by atoms with Crippen molar-refractivity contribution in [3.8, 4) is 0 Å². The van der Waals surface area contributed by atoms with Crippen LogP contribution in [0, 0.1) is 5.41 Å². The zero-order chi connectivity index (χ0) is 9.35. The molecule has 0 aromatic carbocycles. The Morgan fingerprint density at radius 2 is 2.42 bits per heavy atom. The van der Waals surface area contributed by atoms with Crippen LogP contribution in [0.25, 0.3) is 0 Å². The van der Waals surface area contributed by atoms with E-state index in [1.54, 1.807) is 0 Å². The fraction of sp³-hybridized carbons (Fsp3) is 0.714. The molecule has 1 aliphatic heterocycles. The summed E-state index contributed by atoms with van der Waals surface area (Å²) in [5.41, 5.74) is -1.19. The van der Waals surface area contributed by atoms with E-state index < -0.39 is 17.4 Å². The van der Waals surface area contributed by atoms with Crippen molar-refractivity contribution in [3.05, 3.63) is 0 Å². The van der Waals surface area contributed by atoms with Gasteiger partial charge in [-0.3, -0.25) is 9.59 Å². The summed E-state index contributed by atoms with van der Waals surface area (Å²) in [5, 5.41) is 0. The highest BCUT2D eigenvalue weighted by atomic mass is 79.9. The Hall–Kier alpha value is -0.580. The van der Waals surface area contributed by atoms with Gasteiger partial charge in [-0.1, -0.05) is 15.9 Å². The highest BCUT2D eigenvalue weighted by molar-refractivity contribution is 9.09. The summed E-state index contributed by atoms with van der Waals surface area (Å²) in [7, 11) is 1.25. The van der Waals surface area contributed by atoms with Gasteiger partial charge in [-0.15, -0.1) is 0 Å². The Kier molecular flexibility index (Phi) is 2.41. The lowest BCUT2D eigenvalue weighted by molar-refractivity contribution is -0.161. The van der Waals surface area contributed by atoms with E-state index in [0.29, 0.717) is 0 Å². The lowest BCUT2D eigenvalue weighted by Crippen LogP contribution is -2.39. The molecule has 0 aliphatic carbocycles. The van der Waals surface area contributed by atoms with E-state index in [2.05, 4.69) is 20.7 Å². The largest absolute Gasteiger partial charge is 0.468 e. The average molecular weight is 237 g/mol. The molecule has 1 fully saturated rings. The van der Waals surface area contributed by atoms with Gasteiger partial charge in [0.25, 0.3) is 0 Å². The first-order chi connectivity index (χ1) is 5.53. The van der Waals surface area contributed by atoms with Gasteiger partial charge in [-0.2, -0.15) is 0 Å². The Morgan fingerprint density at radius 1 is 1.83 bits per heavy atom. The summed E-state index contributed by atoms with van der Waals surface area (Å²) in [5.74, 6) is -1.09. The standard InChI is InChI=1S/C7H9BrO4/c1-7(5(9)11-2)4(8)3-12-6(7)10/h4H,3H2,1-2H3/t4-,7-/m0/s1. The molecule has 0 aromatic rings. The number of rotatable bonds is 1. The van der Waals surface area contributed by atoms with Crippen LogP contribution in [0.1, 0.15) is 6.92 Å². The van der Waals surface area contributed by atoms with Gasteiger partial charge < -0.3 is 9.47 Å². The third kappa shape index (κ3) is 1.12. The number of alkyl halides is 1. The first kappa shape index (κ1) is 9.51. The lowest BCUT2D eigenvalue weighted by atomic mass is 9.89. The van der Waals surface area contributed by atoms with Crippen LogP contribution in [-0.2, 0) is 19.1 Å². The van der Waals surface area contributed by atoms with Crippen LogP contribution in [0.5, 0.6) is 0 Å². The third-order valence-corrected chi connectivity index (χ3v) is 3.20. The quantitative estimate of drug-likeness (QED) is 0.378. The number of hydrogen-bond donors (Lipinski definition) is 0. The lowest BCUT2D eigenvalue weighted by Gasteiger charge is -2.18. The molecule has 0 unspecified atom stereocenters. The van der Waals surface area contributed by atoms with Crippen molar-refractivity contribution in [2.24, 2.45) is 5.41 Å². The zero-order valence-electron chi connectivity index (χ0n) is 6.80. The molecule has 1 rings (SSSR count). The molecule has 1 heterocycles. The molecule has 0 radical (unpaired) electrons. The highest BCUT2D eigenvalue weighted by Gasteiger charge is 2.54. The van der Waals surface area contributed by atoms with E-state index in [9.17, 15) is 9.59 Å². The summed E-state index contributed by atoms with van der Waals surface area (Å²) in [4.78, 5) is 22.1. The van der Waals surface area contributed by atoms with Crippen molar-refractivity contribution in [3.63, 3.8) is 0 Å². The van der Waals surface area contributed by atoms with Crippen LogP contribution in [0.2, 0.25) is 0 Å². The number of carbonyl (C=O) groups excluding carboxylic acids is 2. The zero-order valence-corrected chi connectivity index (χ0v) is 8.38. The number of esters is 2. The van der Waals surface area contributed by atoms with Crippen LogP contribution in [-0.4, -0.2) is 30.5 Å². The molecule has 0 bridgehead atoms. The van der Waals surface area contributed by atoms with Crippen molar-refractivity contribution < 1.29 is 19.1 Å². The maximum Gasteiger partial charge on any atom is 0.324 e. The van der Waals surface area contributed by atoms with Crippen molar-refractivity contribution in [1.29, 1.82) is 0 Å². The monoisotopic (exact) mass is 236 g/mol. The van der Waals surface area contributed by atoms with Crippen molar-refractivity contribution in [2.75, 3.05) is 13.7 Å². The van der Waals surface area contributed by atoms with Gasteiger partial charge in [-0.05, 0) is 6.92 Å². The van der Waals surface area contributed by atoms with Crippen LogP contribution in [0.3, 0.4) is 0 Å². The maximum absolute atomic E-state index is 11.2. The smallest absolute Gasteiger partial charge is 0.324 e. The van der Waals surface area contributed by atoms with Gasteiger partial charge >= 0.3 is 11.9 Å². The summed E-state index contributed by atoms with van der Waals surface area (Å²) >= 11 is 3.20. The van der Waals surface area contributed by atoms with E-state index in [0.717, 1.165) is 0 Å². The van der Waals surface area contributed by atoms with E-state index in [-0.39, 0.29) is 11.4 Å². The minimum atomic E-state index is -1.19. The Balaban J connectivity index is 2.94. The predicted octanol–water partition coefficient (Wildman–Crippen LogP) is 0.486. The molecule has 1 aliphatic rings. The van der Waals surface area contributed by atoms with Crippen LogP contribution < -0.4 is 0 Å². The average Bonchev–Trinajstić information content (AvgIpc) is 2.32. The molecule has 68 valence electrons. The van der Waals surface area contributed by atoms with Gasteiger partial charge in [0.05, 0.1) is 11.9 Å². The van der Waals surface area contributed by atoms with Crippen molar-refractivity contribution >= 4 is 27.9 Å². The van der Waals surface area contributed by atoms with Gasteiger partial charge in [0.15, 0.2) is 5.41 Å². The predicted molar refractivity (Wildman–Crippen MR) is 43.8 cm³/mol. The number of carbonyl (C=O) groups is 2. The fourth-order valence-corrected chi connectivity index (χ4v) is 1.52. The second kappa shape index (κ2) is 3.05. The van der Waals surface area contributed by atoms with Crippen LogP contribution in [0.4, 0.5) is 0 Å². The summed E-state index contributed by atoms with van der Waals surface area (Å²) in [6, 6.07) is 0. The molecule has 0 aromatic heterocycles. The minimum Gasteiger partial charge on any atom is -0.468 e. The first-order valence-electron chi connectivity index (χ1n) is 3.43. The molecule has 5 heteroatoms. The Morgan fingerprint density at radius 3 is 2.75 bits per heavy atom. The summed E-state index contributed by atoms with van der Waals surface area (Å²) in [6.45, 7) is 1.72. The molecule has 0 spiro atoms. The number of ether oxygens (including phenoxy) is 2. The van der Waals surface area contributed by atoms with E-state index in [4.69, 9.17) is 4.74 Å². The molecule has 4 nitrogen and oxygen atoms in total. The topological polar surface area (TPSA) is 52.6 Å². The van der Waals surface area contributed by atoms with Gasteiger partial charge in [-0.25, -0.2) is 0 Å². The van der Waals surface area contributed by atoms with Gasteiger partial charge in [0.1, 0.15) is 6.61 Å². The van der Waals surface area contributed by atoms with E-state index >= 15 is 0 Å². The summed E-state index contributed by atoms with van der Waals surface area (Å²) < 4.78 is 9.23. The molecule has 12 heavy (non-hydrogen) atoms. The SMILES string of the molecule is COC(=O)[C@@]1(C)C(=O)OC[C@@H]1Br. The van der Waals surface area contributed by atoms with E-state index in [1.807, 2.05) is 0 Å². The van der Waals surface area contributed by atoms with Crippen molar-refractivity contribution in [2.45, 2.75) is 11.8 Å². The number of hydrogen-bond acceptors (Lipinski definition) is 4. The highest BCUT2D eigenvalue weighted by Crippen LogP contribution is 2.36. The van der Waals surface area contributed by atoms with Gasteiger partial charge in [0, 0.05) is 0 Å². The summed E-state index contributed by atoms with van der Waals surface area (Å²) in [6.07, 6.45) is 0. The molecular weight excluding hydrogens is 228 g/mol. The molecule has 2 atom stereocenters. The van der Waals surface area contributed by atoms with Crippen LogP contribution in [0.15, 0.2) is 0 Å². The second-order valence-electron chi connectivity index (χ2n) is 2.76. The maximum atomic E-state index is 11.2. The first-order valence-corrected chi connectivity index (χ1v) is 4.34. The number of methoxy groups -OCH3 is 1. The number of cyclic esters (lactones) is 1.